The number of aromatic hydroxyl groups is 1. The van der Waals surface area contributed by atoms with E-state index in [1.807, 2.05) is 25.1 Å². The van der Waals surface area contributed by atoms with Gasteiger partial charge >= 0.3 is 11.8 Å². The summed E-state index contributed by atoms with van der Waals surface area (Å²) in [6, 6.07) is 13.7. The van der Waals surface area contributed by atoms with E-state index < -0.39 is 11.8 Å². The molecule has 22 heavy (non-hydrogen) atoms. The van der Waals surface area contributed by atoms with Gasteiger partial charge in [-0.15, -0.1) is 0 Å². The number of phenols is 1. The molecule has 2 aromatic carbocycles. The lowest BCUT2D eigenvalue weighted by atomic mass is 10.2. The second kappa shape index (κ2) is 6.76. The molecule has 0 saturated heterocycles. The maximum Gasteiger partial charge on any atom is 0.316 e. The van der Waals surface area contributed by atoms with Crippen molar-refractivity contribution in [2.45, 2.75) is 13.8 Å². The maximum atomic E-state index is 12.3. The molecule has 0 aliphatic heterocycles. The SMILES string of the molecule is CCN(C(=O)C(=O)Nc1ccccc1O)c1cccc(C)c1. The van der Waals surface area contributed by atoms with Gasteiger partial charge in [0.1, 0.15) is 5.75 Å². The fourth-order valence-electron chi connectivity index (χ4n) is 2.12. The molecule has 0 atom stereocenters. The van der Waals surface area contributed by atoms with Crippen LogP contribution in [0.5, 0.6) is 5.75 Å². The number of aryl methyl sites for hydroxylation is 1. The van der Waals surface area contributed by atoms with Crippen LogP contribution in [0, 0.1) is 6.92 Å². The zero-order chi connectivity index (χ0) is 16.1. The molecule has 114 valence electrons. The first-order valence-corrected chi connectivity index (χ1v) is 7.00. The van der Waals surface area contributed by atoms with Crippen LogP contribution < -0.4 is 10.2 Å². The van der Waals surface area contributed by atoms with E-state index in [2.05, 4.69) is 5.32 Å². The van der Waals surface area contributed by atoms with Crippen LogP contribution in [0.1, 0.15) is 12.5 Å². The molecule has 5 nitrogen and oxygen atoms in total. The molecule has 2 amide bonds. The van der Waals surface area contributed by atoms with Crippen molar-refractivity contribution >= 4 is 23.2 Å². The lowest BCUT2D eigenvalue weighted by Crippen LogP contribution is -2.39. The van der Waals surface area contributed by atoms with Gasteiger partial charge in [0.15, 0.2) is 0 Å². The molecular formula is C17H18N2O3. The van der Waals surface area contributed by atoms with Gasteiger partial charge in [-0.25, -0.2) is 0 Å². The fraction of sp³-hybridized carbons (Fsp3) is 0.176. The van der Waals surface area contributed by atoms with E-state index in [1.165, 1.54) is 17.0 Å². The molecule has 0 bridgehead atoms. The summed E-state index contributed by atoms with van der Waals surface area (Å²) in [6.45, 7) is 4.09. The number of anilines is 2. The van der Waals surface area contributed by atoms with Gasteiger partial charge in [0.05, 0.1) is 5.69 Å². The molecule has 0 heterocycles. The third-order valence-electron chi connectivity index (χ3n) is 3.22. The van der Waals surface area contributed by atoms with Crippen LogP contribution in [0.3, 0.4) is 0 Å². The molecule has 0 aliphatic rings. The predicted octanol–water partition coefficient (Wildman–Crippen LogP) is 2.69. The molecule has 0 aliphatic carbocycles. The Kier molecular flexibility index (Phi) is 4.78. The molecule has 2 N–H and O–H groups in total. The average Bonchev–Trinajstić information content (AvgIpc) is 2.50. The van der Waals surface area contributed by atoms with E-state index in [0.717, 1.165) is 5.56 Å². The highest BCUT2D eigenvalue weighted by molar-refractivity contribution is 6.44. The van der Waals surface area contributed by atoms with Crippen molar-refractivity contribution in [3.63, 3.8) is 0 Å². The van der Waals surface area contributed by atoms with E-state index in [4.69, 9.17) is 0 Å². The Morgan fingerprint density at radius 3 is 2.50 bits per heavy atom. The van der Waals surface area contributed by atoms with E-state index in [0.29, 0.717) is 12.2 Å². The van der Waals surface area contributed by atoms with Crippen LogP contribution in [0.4, 0.5) is 11.4 Å². The number of rotatable bonds is 3. The zero-order valence-electron chi connectivity index (χ0n) is 12.5. The van der Waals surface area contributed by atoms with E-state index in [-0.39, 0.29) is 11.4 Å². The van der Waals surface area contributed by atoms with Gasteiger partial charge in [-0.3, -0.25) is 9.59 Å². The Morgan fingerprint density at radius 1 is 1.14 bits per heavy atom. The summed E-state index contributed by atoms with van der Waals surface area (Å²) in [5.74, 6) is -1.54. The first-order valence-electron chi connectivity index (χ1n) is 7.00. The number of carbonyl (C=O) groups is 2. The standard InChI is InChI=1S/C17H18N2O3/c1-3-19(13-8-6-7-12(2)11-13)17(22)16(21)18-14-9-4-5-10-15(14)20/h4-11,20H,3H2,1-2H3,(H,18,21). The second-order valence-electron chi connectivity index (χ2n) is 4.86. The summed E-state index contributed by atoms with van der Waals surface area (Å²) in [5, 5.41) is 12.1. The Hall–Kier alpha value is -2.82. The fourth-order valence-corrected chi connectivity index (χ4v) is 2.12. The molecule has 2 rings (SSSR count). The molecule has 0 spiro atoms. The van der Waals surface area contributed by atoms with Crippen LogP contribution in [0.2, 0.25) is 0 Å². The number of hydrogen-bond donors (Lipinski definition) is 2. The summed E-state index contributed by atoms with van der Waals surface area (Å²) < 4.78 is 0. The number of amides is 2. The van der Waals surface area contributed by atoms with Gasteiger partial charge in [0, 0.05) is 12.2 Å². The third kappa shape index (κ3) is 3.44. The smallest absolute Gasteiger partial charge is 0.316 e. The van der Waals surface area contributed by atoms with Gasteiger partial charge in [0.25, 0.3) is 0 Å². The first-order chi connectivity index (χ1) is 10.5. The summed E-state index contributed by atoms with van der Waals surface area (Å²) in [7, 11) is 0. The summed E-state index contributed by atoms with van der Waals surface area (Å²) in [5.41, 5.74) is 1.88. The number of nitrogens with zero attached hydrogens (tertiary/aromatic N) is 1. The highest BCUT2D eigenvalue weighted by Gasteiger charge is 2.22. The van der Waals surface area contributed by atoms with Crippen LogP contribution in [0.25, 0.3) is 0 Å². The second-order valence-corrected chi connectivity index (χ2v) is 4.86. The van der Waals surface area contributed by atoms with Gasteiger partial charge in [-0.05, 0) is 43.7 Å². The molecule has 0 fully saturated rings. The summed E-state index contributed by atoms with van der Waals surface area (Å²) in [6.07, 6.45) is 0. The summed E-state index contributed by atoms with van der Waals surface area (Å²) >= 11 is 0. The van der Waals surface area contributed by atoms with E-state index in [1.54, 1.807) is 25.1 Å². The van der Waals surface area contributed by atoms with Crippen molar-refractivity contribution in [3.05, 3.63) is 54.1 Å². The number of benzene rings is 2. The lowest BCUT2D eigenvalue weighted by Gasteiger charge is -2.21. The van der Waals surface area contributed by atoms with Crippen LogP contribution in [-0.4, -0.2) is 23.5 Å². The zero-order valence-corrected chi connectivity index (χ0v) is 12.5. The molecular weight excluding hydrogens is 280 g/mol. The van der Waals surface area contributed by atoms with Gasteiger partial charge in [-0.2, -0.15) is 0 Å². The van der Waals surface area contributed by atoms with Crippen molar-refractivity contribution < 1.29 is 14.7 Å². The lowest BCUT2D eigenvalue weighted by molar-refractivity contribution is -0.134. The minimum Gasteiger partial charge on any atom is -0.506 e. The number of likely N-dealkylation sites (N-methyl/N-ethyl adjacent to an activating group) is 1. The quantitative estimate of drug-likeness (QED) is 0.676. The topological polar surface area (TPSA) is 69.6 Å². The van der Waals surface area contributed by atoms with Crippen LogP contribution in [-0.2, 0) is 9.59 Å². The molecule has 0 radical (unpaired) electrons. The molecule has 0 aromatic heterocycles. The molecule has 2 aromatic rings. The Labute approximate surface area is 129 Å². The largest absolute Gasteiger partial charge is 0.506 e. The molecule has 0 saturated carbocycles. The summed E-state index contributed by atoms with van der Waals surface area (Å²) in [4.78, 5) is 25.8. The van der Waals surface area contributed by atoms with Crippen LogP contribution >= 0.6 is 0 Å². The van der Waals surface area contributed by atoms with Gasteiger partial charge in [-0.1, -0.05) is 24.3 Å². The minimum absolute atomic E-state index is 0.0812. The highest BCUT2D eigenvalue weighted by Crippen LogP contribution is 2.22. The van der Waals surface area contributed by atoms with Crippen molar-refractivity contribution in [1.29, 1.82) is 0 Å². The Balaban J connectivity index is 2.18. The Morgan fingerprint density at radius 2 is 1.86 bits per heavy atom. The van der Waals surface area contributed by atoms with Crippen molar-refractivity contribution in [2.24, 2.45) is 0 Å². The molecule has 5 heteroatoms. The number of phenolic OH excluding ortho intramolecular Hbond substituents is 1. The number of nitrogens with one attached hydrogen (secondary N) is 1. The highest BCUT2D eigenvalue weighted by atomic mass is 16.3. The first kappa shape index (κ1) is 15.6. The van der Waals surface area contributed by atoms with Crippen molar-refractivity contribution in [2.75, 3.05) is 16.8 Å². The van der Waals surface area contributed by atoms with Crippen LogP contribution in [0.15, 0.2) is 48.5 Å². The van der Waals surface area contributed by atoms with E-state index in [9.17, 15) is 14.7 Å². The average molecular weight is 298 g/mol. The number of para-hydroxylation sites is 2. The van der Waals surface area contributed by atoms with Crippen molar-refractivity contribution in [1.82, 2.24) is 0 Å². The van der Waals surface area contributed by atoms with E-state index >= 15 is 0 Å². The normalized spacial score (nSPS) is 10.1. The Bertz CT molecular complexity index is 698. The number of carbonyl (C=O) groups excluding carboxylic acids is 2. The monoisotopic (exact) mass is 298 g/mol. The predicted molar refractivity (Wildman–Crippen MR) is 85.9 cm³/mol. The molecule has 0 unspecified atom stereocenters. The van der Waals surface area contributed by atoms with Gasteiger partial charge in [0.2, 0.25) is 0 Å². The maximum absolute atomic E-state index is 12.3. The van der Waals surface area contributed by atoms with Crippen molar-refractivity contribution in [3.8, 4) is 5.75 Å². The number of hydrogen-bond acceptors (Lipinski definition) is 3. The minimum atomic E-state index is -0.787. The third-order valence-corrected chi connectivity index (χ3v) is 3.22. The van der Waals surface area contributed by atoms with Gasteiger partial charge < -0.3 is 15.3 Å².